The maximum absolute atomic E-state index is 13.0. The predicted molar refractivity (Wildman–Crippen MR) is 106 cm³/mol. The number of carbonyl (C=O) groups is 1. The Bertz CT molecular complexity index is 949. The molecule has 1 amide bonds. The molecule has 138 valence electrons. The zero-order valence-electron chi connectivity index (χ0n) is 15.2. The summed E-state index contributed by atoms with van der Waals surface area (Å²) in [6.07, 6.45) is 3.39. The third kappa shape index (κ3) is 3.76. The van der Waals surface area contributed by atoms with Gasteiger partial charge in [0.15, 0.2) is 5.76 Å². The Balaban J connectivity index is 1.48. The number of carbonyl (C=O) groups excluding carboxylic acids is 1. The van der Waals surface area contributed by atoms with Gasteiger partial charge in [-0.2, -0.15) is 0 Å². The maximum Gasteiger partial charge on any atom is 0.259 e. The van der Waals surface area contributed by atoms with E-state index in [0.29, 0.717) is 17.2 Å². The van der Waals surface area contributed by atoms with Crippen LogP contribution in [0.15, 0.2) is 59.3 Å². The van der Waals surface area contributed by atoms with Crippen molar-refractivity contribution in [3.63, 3.8) is 0 Å². The van der Waals surface area contributed by atoms with Crippen LogP contribution in [-0.2, 0) is 6.42 Å². The van der Waals surface area contributed by atoms with Crippen molar-refractivity contribution in [2.75, 3.05) is 13.1 Å². The average molecular weight is 381 g/mol. The topological polar surface area (TPSA) is 46.3 Å². The molecule has 1 saturated heterocycles. The molecular formula is C22H21ClN2O2. The van der Waals surface area contributed by atoms with Gasteiger partial charge >= 0.3 is 0 Å². The smallest absolute Gasteiger partial charge is 0.259 e. The highest BCUT2D eigenvalue weighted by atomic mass is 35.5. The summed E-state index contributed by atoms with van der Waals surface area (Å²) in [4.78, 5) is 14.9. The molecular weight excluding hydrogens is 360 g/mol. The van der Waals surface area contributed by atoms with Crippen LogP contribution in [0.3, 0.4) is 0 Å². The molecule has 0 spiro atoms. The first-order chi connectivity index (χ1) is 13.1. The van der Waals surface area contributed by atoms with Gasteiger partial charge in [0.25, 0.3) is 5.91 Å². The van der Waals surface area contributed by atoms with Crippen molar-refractivity contribution in [1.29, 1.82) is 0 Å². The molecule has 1 unspecified atom stereocenters. The fourth-order valence-electron chi connectivity index (χ4n) is 3.63. The van der Waals surface area contributed by atoms with Crippen molar-refractivity contribution >= 4 is 17.5 Å². The third-order valence-corrected chi connectivity index (χ3v) is 5.52. The standard InChI is InChI=1S/C22H21ClN2O2/c1-15-6-8-17(9-7-15)21-19(13-24-27-21)22(26)25-11-10-16(14-25)12-18-4-2-3-5-20(18)23/h2-9,13,16H,10-12,14H2,1H3. The Morgan fingerprint density at radius 3 is 2.78 bits per heavy atom. The lowest BCUT2D eigenvalue weighted by Crippen LogP contribution is -2.29. The van der Waals surface area contributed by atoms with E-state index in [0.717, 1.165) is 47.6 Å². The van der Waals surface area contributed by atoms with E-state index in [9.17, 15) is 4.79 Å². The number of amides is 1. The number of likely N-dealkylation sites (tertiary alicyclic amines) is 1. The number of aryl methyl sites for hydroxylation is 1. The van der Waals surface area contributed by atoms with Crippen LogP contribution in [0.1, 0.15) is 27.9 Å². The summed E-state index contributed by atoms with van der Waals surface area (Å²) in [5.74, 6) is 0.930. The van der Waals surface area contributed by atoms with Gasteiger partial charge in [-0.25, -0.2) is 0 Å². The van der Waals surface area contributed by atoms with E-state index >= 15 is 0 Å². The Morgan fingerprint density at radius 2 is 2.00 bits per heavy atom. The highest BCUT2D eigenvalue weighted by Gasteiger charge is 2.30. The maximum atomic E-state index is 13.0. The summed E-state index contributed by atoms with van der Waals surface area (Å²) >= 11 is 6.28. The van der Waals surface area contributed by atoms with Gasteiger partial charge in [-0.3, -0.25) is 4.79 Å². The normalized spacial score (nSPS) is 16.7. The molecule has 0 N–H and O–H groups in total. The van der Waals surface area contributed by atoms with Crippen LogP contribution in [0.4, 0.5) is 0 Å². The van der Waals surface area contributed by atoms with Crippen molar-refractivity contribution in [2.45, 2.75) is 19.8 Å². The molecule has 1 aliphatic rings. The van der Waals surface area contributed by atoms with Gasteiger partial charge in [0.05, 0.1) is 6.20 Å². The molecule has 3 aromatic rings. The van der Waals surface area contributed by atoms with Crippen LogP contribution in [-0.4, -0.2) is 29.1 Å². The van der Waals surface area contributed by atoms with Gasteiger partial charge in [0, 0.05) is 23.7 Å². The number of hydrogen-bond donors (Lipinski definition) is 0. The number of rotatable bonds is 4. The van der Waals surface area contributed by atoms with Crippen molar-refractivity contribution in [3.8, 4) is 11.3 Å². The van der Waals surface area contributed by atoms with Gasteiger partial charge in [0.1, 0.15) is 5.56 Å². The highest BCUT2D eigenvalue weighted by molar-refractivity contribution is 6.31. The van der Waals surface area contributed by atoms with Gasteiger partial charge < -0.3 is 9.42 Å². The van der Waals surface area contributed by atoms with Crippen molar-refractivity contribution in [3.05, 3.63) is 76.4 Å². The second-order valence-electron chi connectivity index (χ2n) is 7.14. The van der Waals surface area contributed by atoms with E-state index in [-0.39, 0.29) is 5.91 Å². The van der Waals surface area contributed by atoms with Crippen LogP contribution >= 0.6 is 11.6 Å². The van der Waals surface area contributed by atoms with Gasteiger partial charge in [-0.05, 0) is 37.3 Å². The van der Waals surface area contributed by atoms with Crippen LogP contribution in [0.25, 0.3) is 11.3 Å². The molecule has 0 aliphatic carbocycles. The van der Waals surface area contributed by atoms with Crippen LogP contribution in [0.2, 0.25) is 5.02 Å². The third-order valence-electron chi connectivity index (χ3n) is 5.15. The highest BCUT2D eigenvalue weighted by Crippen LogP contribution is 2.29. The molecule has 2 heterocycles. The van der Waals surface area contributed by atoms with E-state index in [2.05, 4.69) is 11.2 Å². The molecule has 4 nitrogen and oxygen atoms in total. The lowest BCUT2D eigenvalue weighted by Gasteiger charge is -2.16. The van der Waals surface area contributed by atoms with E-state index in [1.807, 2.05) is 54.3 Å². The summed E-state index contributed by atoms with van der Waals surface area (Å²) in [6, 6.07) is 15.8. The molecule has 1 fully saturated rings. The van der Waals surface area contributed by atoms with E-state index < -0.39 is 0 Å². The summed E-state index contributed by atoms with van der Waals surface area (Å²) in [7, 11) is 0. The average Bonchev–Trinajstić information content (AvgIpc) is 3.33. The molecule has 1 atom stereocenters. The van der Waals surface area contributed by atoms with Gasteiger partial charge in [-0.15, -0.1) is 0 Å². The minimum atomic E-state index is -0.0199. The fourth-order valence-corrected chi connectivity index (χ4v) is 3.85. The molecule has 0 bridgehead atoms. The largest absolute Gasteiger partial charge is 0.355 e. The fraction of sp³-hybridized carbons (Fsp3) is 0.273. The van der Waals surface area contributed by atoms with E-state index in [1.54, 1.807) is 0 Å². The zero-order valence-corrected chi connectivity index (χ0v) is 15.9. The molecule has 0 saturated carbocycles. The predicted octanol–water partition coefficient (Wildman–Crippen LogP) is 5.01. The Morgan fingerprint density at radius 1 is 1.22 bits per heavy atom. The lowest BCUT2D eigenvalue weighted by molar-refractivity contribution is 0.0787. The number of nitrogens with zero attached hydrogens (tertiary/aromatic N) is 2. The summed E-state index contributed by atoms with van der Waals surface area (Å²) < 4.78 is 5.39. The molecule has 27 heavy (non-hydrogen) atoms. The van der Waals surface area contributed by atoms with Gasteiger partial charge in [-0.1, -0.05) is 64.8 Å². The van der Waals surface area contributed by atoms with Crippen LogP contribution in [0, 0.1) is 12.8 Å². The zero-order chi connectivity index (χ0) is 18.8. The van der Waals surface area contributed by atoms with E-state index in [4.69, 9.17) is 16.1 Å². The summed E-state index contributed by atoms with van der Waals surface area (Å²) in [6.45, 7) is 3.49. The quantitative estimate of drug-likeness (QED) is 0.639. The SMILES string of the molecule is Cc1ccc(-c2oncc2C(=O)N2CCC(Cc3ccccc3Cl)C2)cc1. The lowest BCUT2D eigenvalue weighted by atomic mass is 9.99. The molecule has 1 aliphatic heterocycles. The number of hydrogen-bond acceptors (Lipinski definition) is 3. The van der Waals surface area contributed by atoms with E-state index in [1.165, 1.54) is 6.20 Å². The molecule has 5 heteroatoms. The molecule has 4 rings (SSSR count). The molecule has 0 radical (unpaired) electrons. The van der Waals surface area contributed by atoms with Crippen LogP contribution < -0.4 is 0 Å². The number of benzene rings is 2. The van der Waals surface area contributed by atoms with Crippen LogP contribution in [0.5, 0.6) is 0 Å². The summed E-state index contributed by atoms with van der Waals surface area (Å²) in [5, 5.41) is 4.67. The monoisotopic (exact) mass is 380 g/mol. The van der Waals surface area contributed by atoms with Gasteiger partial charge in [0.2, 0.25) is 0 Å². The number of halogens is 1. The Kier molecular flexibility index (Phi) is 4.99. The first-order valence-electron chi connectivity index (χ1n) is 9.16. The minimum absolute atomic E-state index is 0.0199. The Labute approximate surface area is 163 Å². The first kappa shape index (κ1) is 17.8. The molecule has 2 aromatic carbocycles. The number of aromatic nitrogens is 1. The second kappa shape index (κ2) is 7.57. The minimum Gasteiger partial charge on any atom is -0.355 e. The first-order valence-corrected chi connectivity index (χ1v) is 9.54. The van der Waals surface area contributed by atoms with Crippen molar-refractivity contribution < 1.29 is 9.32 Å². The second-order valence-corrected chi connectivity index (χ2v) is 7.54. The molecule has 1 aromatic heterocycles. The van der Waals surface area contributed by atoms with Crippen molar-refractivity contribution in [1.82, 2.24) is 10.1 Å². The Hall–Kier alpha value is -2.59. The summed E-state index contributed by atoms with van der Waals surface area (Å²) in [5.41, 5.74) is 3.70. The van der Waals surface area contributed by atoms with Crippen molar-refractivity contribution in [2.24, 2.45) is 5.92 Å².